The third-order valence-electron chi connectivity index (χ3n) is 3.96. The van der Waals surface area contributed by atoms with Crippen molar-refractivity contribution in [2.75, 3.05) is 18.5 Å². The second-order valence-electron chi connectivity index (χ2n) is 5.52. The molecular weight excluding hydrogens is 272 g/mol. The van der Waals surface area contributed by atoms with Gasteiger partial charge in [0.1, 0.15) is 5.75 Å². The molecule has 20 heavy (non-hydrogen) atoms. The Balaban J connectivity index is 2.00. The monoisotopic (exact) mass is 296 g/mol. The molecule has 0 spiro atoms. The summed E-state index contributed by atoms with van der Waals surface area (Å²) in [5, 5.41) is 4.26. The maximum atomic E-state index is 6.26. The number of anilines is 1. The predicted octanol–water partition coefficient (Wildman–Crippen LogP) is 4.06. The van der Waals surface area contributed by atoms with Gasteiger partial charge in [-0.1, -0.05) is 31.4 Å². The van der Waals surface area contributed by atoms with Crippen LogP contribution >= 0.6 is 11.6 Å². The molecule has 4 heteroatoms. The predicted molar refractivity (Wildman–Crippen MR) is 85.7 cm³/mol. The number of nitrogens with two attached hydrogens (primary N) is 1. The van der Waals surface area contributed by atoms with Crippen LogP contribution in [0.2, 0.25) is 5.02 Å². The Labute approximate surface area is 126 Å². The van der Waals surface area contributed by atoms with Crippen molar-refractivity contribution in [3.8, 4) is 5.75 Å². The summed E-state index contributed by atoms with van der Waals surface area (Å²) < 4.78 is 5.59. The van der Waals surface area contributed by atoms with E-state index in [0.717, 1.165) is 24.4 Å². The van der Waals surface area contributed by atoms with Crippen LogP contribution in [0, 0.1) is 5.92 Å². The third-order valence-corrected chi connectivity index (χ3v) is 4.25. The van der Waals surface area contributed by atoms with E-state index < -0.39 is 0 Å². The normalized spacial score (nSPS) is 22.6. The quantitative estimate of drug-likeness (QED) is 0.832. The van der Waals surface area contributed by atoms with Gasteiger partial charge in [-0.3, -0.25) is 0 Å². The van der Waals surface area contributed by atoms with Gasteiger partial charge in [-0.25, -0.2) is 0 Å². The van der Waals surface area contributed by atoms with Gasteiger partial charge >= 0.3 is 0 Å². The first kappa shape index (κ1) is 15.5. The highest BCUT2D eigenvalue weighted by molar-refractivity contribution is 6.32. The molecule has 3 N–H and O–H groups in total. The SMILES string of the molecule is CCCOc1ccc(NC2CCCCC2CN)cc1Cl. The summed E-state index contributed by atoms with van der Waals surface area (Å²) >= 11 is 6.26. The summed E-state index contributed by atoms with van der Waals surface area (Å²) in [6.07, 6.45) is 5.97. The minimum atomic E-state index is 0.465. The zero-order valence-electron chi connectivity index (χ0n) is 12.2. The van der Waals surface area contributed by atoms with Crippen molar-refractivity contribution < 1.29 is 4.74 Å². The van der Waals surface area contributed by atoms with E-state index in [2.05, 4.69) is 12.2 Å². The largest absolute Gasteiger partial charge is 0.492 e. The van der Waals surface area contributed by atoms with E-state index in [1.165, 1.54) is 25.7 Å². The number of rotatable bonds is 6. The highest BCUT2D eigenvalue weighted by atomic mass is 35.5. The fourth-order valence-corrected chi connectivity index (χ4v) is 3.05. The maximum Gasteiger partial charge on any atom is 0.138 e. The van der Waals surface area contributed by atoms with Gasteiger partial charge in [0.05, 0.1) is 11.6 Å². The van der Waals surface area contributed by atoms with E-state index in [4.69, 9.17) is 22.1 Å². The molecule has 2 atom stereocenters. The zero-order chi connectivity index (χ0) is 14.4. The number of ether oxygens (including phenoxy) is 1. The molecule has 0 aromatic heterocycles. The van der Waals surface area contributed by atoms with Crippen molar-refractivity contribution in [2.45, 2.75) is 45.1 Å². The fraction of sp³-hybridized carbons (Fsp3) is 0.625. The Kier molecular flexibility index (Phi) is 5.99. The van der Waals surface area contributed by atoms with E-state index in [0.29, 0.717) is 23.6 Å². The van der Waals surface area contributed by atoms with Gasteiger partial charge in [0.15, 0.2) is 0 Å². The zero-order valence-corrected chi connectivity index (χ0v) is 13.0. The molecule has 3 nitrogen and oxygen atoms in total. The highest BCUT2D eigenvalue weighted by Gasteiger charge is 2.23. The molecule has 0 aliphatic heterocycles. The first-order chi connectivity index (χ1) is 9.74. The number of hydrogen-bond donors (Lipinski definition) is 2. The Morgan fingerprint density at radius 2 is 2.15 bits per heavy atom. The smallest absolute Gasteiger partial charge is 0.138 e. The summed E-state index contributed by atoms with van der Waals surface area (Å²) in [6.45, 7) is 3.54. The van der Waals surface area contributed by atoms with Crippen LogP contribution in [0.25, 0.3) is 0 Å². The lowest BCUT2D eigenvalue weighted by atomic mass is 9.84. The molecule has 1 aromatic rings. The minimum Gasteiger partial charge on any atom is -0.492 e. The van der Waals surface area contributed by atoms with Gasteiger partial charge in [-0.15, -0.1) is 0 Å². The van der Waals surface area contributed by atoms with Crippen molar-refractivity contribution in [2.24, 2.45) is 11.7 Å². The number of halogens is 1. The van der Waals surface area contributed by atoms with Crippen molar-refractivity contribution in [1.29, 1.82) is 0 Å². The lowest BCUT2D eigenvalue weighted by Gasteiger charge is -2.32. The lowest BCUT2D eigenvalue weighted by molar-refractivity contribution is 0.317. The summed E-state index contributed by atoms with van der Waals surface area (Å²) in [5.74, 6) is 1.33. The molecule has 1 saturated carbocycles. The molecule has 1 aromatic carbocycles. The Morgan fingerprint density at radius 3 is 2.85 bits per heavy atom. The van der Waals surface area contributed by atoms with Gasteiger partial charge < -0.3 is 15.8 Å². The van der Waals surface area contributed by atoms with E-state index in [9.17, 15) is 0 Å². The first-order valence-corrected chi connectivity index (χ1v) is 8.01. The van der Waals surface area contributed by atoms with Crippen LogP contribution in [0.5, 0.6) is 5.75 Å². The van der Waals surface area contributed by atoms with Gasteiger partial charge in [0.25, 0.3) is 0 Å². The molecule has 1 aliphatic carbocycles. The van der Waals surface area contributed by atoms with Crippen LogP contribution in [0.15, 0.2) is 18.2 Å². The molecule has 0 heterocycles. The first-order valence-electron chi connectivity index (χ1n) is 7.63. The molecule has 2 rings (SSSR count). The summed E-state index contributed by atoms with van der Waals surface area (Å²) in [5.41, 5.74) is 6.93. The molecule has 0 saturated heterocycles. The van der Waals surface area contributed by atoms with Crippen LogP contribution in [0.1, 0.15) is 39.0 Å². The molecule has 1 aliphatic rings. The highest BCUT2D eigenvalue weighted by Crippen LogP contribution is 2.31. The van der Waals surface area contributed by atoms with E-state index >= 15 is 0 Å². The third kappa shape index (κ3) is 4.03. The summed E-state index contributed by atoms with van der Waals surface area (Å²) in [4.78, 5) is 0. The number of nitrogens with one attached hydrogen (secondary N) is 1. The van der Waals surface area contributed by atoms with E-state index in [-0.39, 0.29) is 0 Å². The van der Waals surface area contributed by atoms with Gasteiger partial charge in [0.2, 0.25) is 0 Å². The minimum absolute atomic E-state index is 0.465. The number of hydrogen-bond acceptors (Lipinski definition) is 3. The van der Waals surface area contributed by atoms with Crippen molar-refractivity contribution in [1.82, 2.24) is 0 Å². The lowest BCUT2D eigenvalue weighted by Crippen LogP contribution is -2.36. The van der Waals surface area contributed by atoms with Crippen LogP contribution < -0.4 is 15.8 Å². The average Bonchev–Trinajstić information content (AvgIpc) is 2.47. The molecule has 112 valence electrons. The van der Waals surface area contributed by atoms with Gasteiger partial charge in [-0.05, 0) is 49.9 Å². The van der Waals surface area contributed by atoms with Crippen LogP contribution in [-0.2, 0) is 0 Å². The van der Waals surface area contributed by atoms with Crippen molar-refractivity contribution >= 4 is 17.3 Å². The Bertz CT molecular complexity index is 425. The molecule has 0 radical (unpaired) electrons. The molecule has 2 unspecified atom stereocenters. The van der Waals surface area contributed by atoms with E-state index in [1.54, 1.807) is 0 Å². The van der Waals surface area contributed by atoms with Crippen LogP contribution in [-0.4, -0.2) is 19.2 Å². The van der Waals surface area contributed by atoms with Crippen LogP contribution in [0.3, 0.4) is 0 Å². The van der Waals surface area contributed by atoms with Gasteiger partial charge in [0, 0.05) is 11.7 Å². The average molecular weight is 297 g/mol. The Hall–Kier alpha value is -0.930. The standard InChI is InChI=1S/C16H25ClN2O/c1-2-9-20-16-8-7-13(10-14(16)17)19-15-6-4-3-5-12(15)11-18/h7-8,10,12,15,19H,2-6,9,11,18H2,1H3. The van der Waals surface area contributed by atoms with Crippen LogP contribution in [0.4, 0.5) is 5.69 Å². The molecule has 0 bridgehead atoms. The summed E-state index contributed by atoms with van der Waals surface area (Å²) in [7, 11) is 0. The second-order valence-corrected chi connectivity index (χ2v) is 5.93. The summed E-state index contributed by atoms with van der Waals surface area (Å²) in [6, 6.07) is 6.40. The molecular formula is C16H25ClN2O. The molecule has 1 fully saturated rings. The number of benzene rings is 1. The topological polar surface area (TPSA) is 47.3 Å². The van der Waals surface area contributed by atoms with Gasteiger partial charge in [-0.2, -0.15) is 0 Å². The fourth-order valence-electron chi connectivity index (χ4n) is 2.81. The van der Waals surface area contributed by atoms with E-state index in [1.807, 2.05) is 18.2 Å². The van der Waals surface area contributed by atoms with Crippen molar-refractivity contribution in [3.63, 3.8) is 0 Å². The molecule has 0 amide bonds. The second kappa shape index (κ2) is 7.75. The van der Waals surface area contributed by atoms with Crippen molar-refractivity contribution in [3.05, 3.63) is 23.2 Å². The maximum absolute atomic E-state index is 6.26. The Morgan fingerprint density at radius 1 is 1.35 bits per heavy atom.